The largest absolute Gasteiger partial charge is 0.351 e. The fraction of sp³-hybridized carbons (Fsp3) is 0.474. The molecule has 0 aromatic carbocycles. The molecule has 1 N–H and O–H groups in total. The van der Waals surface area contributed by atoms with Gasteiger partial charge in [-0.1, -0.05) is 6.42 Å². The highest BCUT2D eigenvalue weighted by Crippen LogP contribution is 2.28. The van der Waals surface area contributed by atoms with Crippen LogP contribution >= 0.6 is 11.3 Å². The van der Waals surface area contributed by atoms with Crippen LogP contribution in [0.2, 0.25) is 0 Å². The molecule has 0 aliphatic carbocycles. The Labute approximate surface area is 161 Å². The van der Waals surface area contributed by atoms with Gasteiger partial charge in [0.15, 0.2) is 0 Å². The maximum Gasteiger partial charge on any atom is 0.262 e. The number of carbonyl (C=O) groups is 1. The van der Waals surface area contributed by atoms with Crippen LogP contribution in [0.15, 0.2) is 23.5 Å². The smallest absolute Gasteiger partial charge is 0.262 e. The summed E-state index contributed by atoms with van der Waals surface area (Å²) in [6.07, 6.45) is 10.3. The molecule has 0 saturated carbocycles. The highest BCUT2D eigenvalue weighted by molar-refractivity contribution is 7.20. The molecule has 0 bridgehead atoms. The first-order valence-corrected chi connectivity index (χ1v) is 10.2. The Kier molecular flexibility index (Phi) is 5.07. The van der Waals surface area contributed by atoms with Crippen LogP contribution in [-0.2, 0) is 19.5 Å². The number of aryl methyl sites for hydroxylation is 3. The van der Waals surface area contributed by atoms with E-state index in [0.29, 0.717) is 21.6 Å². The van der Waals surface area contributed by atoms with Gasteiger partial charge in [-0.2, -0.15) is 0 Å². The zero-order valence-corrected chi connectivity index (χ0v) is 16.2. The molecule has 7 nitrogen and oxygen atoms in total. The highest BCUT2D eigenvalue weighted by Gasteiger charge is 2.21. The van der Waals surface area contributed by atoms with Gasteiger partial charge in [-0.3, -0.25) is 14.2 Å². The van der Waals surface area contributed by atoms with Crippen molar-refractivity contribution in [1.82, 2.24) is 24.4 Å². The number of amides is 1. The lowest BCUT2D eigenvalue weighted by Gasteiger charge is -2.08. The Morgan fingerprint density at radius 2 is 2.22 bits per heavy atom. The van der Waals surface area contributed by atoms with Crippen molar-refractivity contribution in [2.24, 2.45) is 0 Å². The third kappa shape index (κ3) is 3.53. The Hall–Kier alpha value is -2.48. The molecule has 27 heavy (non-hydrogen) atoms. The second-order valence-electron chi connectivity index (χ2n) is 6.94. The van der Waals surface area contributed by atoms with Crippen molar-refractivity contribution in [2.75, 3.05) is 6.54 Å². The molecule has 0 unspecified atom stereocenters. The van der Waals surface area contributed by atoms with E-state index in [0.717, 1.165) is 56.6 Å². The molecule has 0 spiro atoms. The van der Waals surface area contributed by atoms with E-state index < -0.39 is 0 Å². The van der Waals surface area contributed by atoms with Crippen LogP contribution in [0, 0.1) is 6.92 Å². The number of fused-ring (bicyclic) bond motifs is 2. The lowest BCUT2D eigenvalue weighted by molar-refractivity contribution is 0.0956. The number of hydrogen-bond acceptors (Lipinski definition) is 5. The van der Waals surface area contributed by atoms with Gasteiger partial charge in [0.2, 0.25) is 0 Å². The SMILES string of the molecule is Cc1c(C(=O)NCCCn2ccnc2)sc2nc3n(c(=O)c12)CCCCC3. The molecular weight excluding hydrogens is 362 g/mol. The first-order chi connectivity index (χ1) is 13.1. The van der Waals surface area contributed by atoms with Gasteiger partial charge in [0.05, 0.1) is 16.6 Å². The summed E-state index contributed by atoms with van der Waals surface area (Å²) in [6.45, 7) is 3.96. The van der Waals surface area contributed by atoms with Gasteiger partial charge in [0.25, 0.3) is 11.5 Å². The first-order valence-electron chi connectivity index (χ1n) is 9.42. The predicted octanol–water partition coefficient (Wildman–Crippen LogP) is 2.51. The Balaban J connectivity index is 1.53. The second-order valence-corrected chi connectivity index (χ2v) is 7.94. The lowest BCUT2D eigenvalue weighted by Crippen LogP contribution is -2.26. The summed E-state index contributed by atoms with van der Waals surface area (Å²) in [5.41, 5.74) is 0.754. The van der Waals surface area contributed by atoms with E-state index >= 15 is 0 Å². The fourth-order valence-corrected chi connectivity index (χ4v) is 4.70. The minimum Gasteiger partial charge on any atom is -0.351 e. The molecule has 4 rings (SSSR count). The highest BCUT2D eigenvalue weighted by atomic mass is 32.1. The van der Waals surface area contributed by atoms with Crippen molar-refractivity contribution >= 4 is 27.5 Å². The molecule has 1 aliphatic heterocycles. The van der Waals surface area contributed by atoms with Crippen LogP contribution < -0.4 is 10.9 Å². The van der Waals surface area contributed by atoms with Crippen molar-refractivity contribution in [3.05, 3.63) is 45.3 Å². The molecule has 0 radical (unpaired) electrons. The number of imidazole rings is 1. The van der Waals surface area contributed by atoms with Crippen molar-refractivity contribution in [3.63, 3.8) is 0 Å². The maximum absolute atomic E-state index is 13.0. The molecule has 1 aliphatic rings. The van der Waals surface area contributed by atoms with Crippen LogP contribution in [-0.4, -0.2) is 31.6 Å². The van der Waals surface area contributed by atoms with Gasteiger partial charge >= 0.3 is 0 Å². The molecule has 4 heterocycles. The minimum atomic E-state index is -0.124. The lowest BCUT2D eigenvalue weighted by atomic mass is 10.2. The van der Waals surface area contributed by atoms with Crippen molar-refractivity contribution in [2.45, 2.75) is 52.1 Å². The zero-order valence-electron chi connectivity index (χ0n) is 15.4. The number of hydrogen-bond donors (Lipinski definition) is 1. The van der Waals surface area contributed by atoms with Crippen LogP contribution in [0.25, 0.3) is 10.2 Å². The van der Waals surface area contributed by atoms with Crippen molar-refractivity contribution in [3.8, 4) is 0 Å². The van der Waals surface area contributed by atoms with Crippen LogP contribution in [0.3, 0.4) is 0 Å². The topological polar surface area (TPSA) is 81.8 Å². The molecule has 8 heteroatoms. The average Bonchev–Trinajstić information content (AvgIpc) is 3.21. The number of nitrogens with one attached hydrogen (secondary N) is 1. The van der Waals surface area contributed by atoms with E-state index in [9.17, 15) is 9.59 Å². The van der Waals surface area contributed by atoms with E-state index in [1.807, 2.05) is 22.3 Å². The summed E-state index contributed by atoms with van der Waals surface area (Å²) in [6, 6.07) is 0. The number of aromatic nitrogens is 4. The van der Waals surface area contributed by atoms with Gasteiger partial charge in [-0.25, -0.2) is 9.97 Å². The van der Waals surface area contributed by atoms with Gasteiger partial charge in [0.1, 0.15) is 10.7 Å². The number of rotatable bonds is 5. The molecule has 3 aromatic heterocycles. The normalized spacial score (nSPS) is 14.1. The second kappa shape index (κ2) is 7.64. The summed E-state index contributed by atoms with van der Waals surface area (Å²) >= 11 is 1.33. The third-order valence-electron chi connectivity index (χ3n) is 5.06. The number of nitrogens with zero attached hydrogens (tertiary/aromatic N) is 4. The molecular formula is C19H23N5O2S. The fourth-order valence-electron chi connectivity index (χ4n) is 3.59. The average molecular weight is 385 g/mol. The van der Waals surface area contributed by atoms with Crippen molar-refractivity contribution < 1.29 is 4.79 Å². The summed E-state index contributed by atoms with van der Waals surface area (Å²) in [5, 5.41) is 3.57. The minimum absolute atomic E-state index is 0.00445. The van der Waals surface area contributed by atoms with Crippen molar-refractivity contribution in [1.29, 1.82) is 0 Å². The van der Waals surface area contributed by atoms with E-state index in [1.165, 1.54) is 11.3 Å². The van der Waals surface area contributed by atoms with Crippen LogP contribution in [0.4, 0.5) is 0 Å². The van der Waals surface area contributed by atoms with Crippen LogP contribution in [0.5, 0.6) is 0 Å². The van der Waals surface area contributed by atoms with E-state index in [4.69, 9.17) is 4.98 Å². The monoisotopic (exact) mass is 385 g/mol. The molecule has 0 saturated heterocycles. The Bertz CT molecular complexity index is 1020. The standard InChI is InChI=1S/C19H23N5O2S/c1-13-15-18(22-14-6-3-2-4-10-24(14)19(15)26)27-16(13)17(25)21-7-5-9-23-11-8-20-12-23/h8,11-12H,2-7,9-10H2,1H3,(H,21,25). The quantitative estimate of drug-likeness (QED) is 0.684. The van der Waals surface area contributed by atoms with Gasteiger partial charge in [0, 0.05) is 38.4 Å². The summed E-state index contributed by atoms with van der Waals surface area (Å²) in [5.74, 6) is 0.735. The van der Waals surface area contributed by atoms with Gasteiger partial charge in [-0.05, 0) is 31.7 Å². The van der Waals surface area contributed by atoms with Gasteiger partial charge in [-0.15, -0.1) is 11.3 Å². The van der Waals surface area contributed by atoms with E-state index in [-0.39, 0.29) is 11.5 Å². The molecule has 3 aromatic rings. The molecule has 0 atom stereocenters. The summed E-state index contributed by atoms with van der Waals surface area (Å²) in [7, 11) is 0. The van der Waals surface area contributed by atoms with Gasteiger partial charge < -0.3 is 9.88 Å². The Morgan fingerprint density at radius 1 is 1.33 bits per heavy atom. The first kappa shape index (κ1) is 17.9. The molecule has 1 amide bonds. The number of thiophene rings is 1. The summed E-state index contributed by atoms with van der Waals surface area (Å²) < 4.78 is 3.79. The third-order valence-corrected chi connectivity index (χ3v) is 6.24. The van der Waals surface area contributed by atoms with E-state index in [1.54, 1.807) is 12.5 Å². The summed E-state index contributed by atoms with van der Waals surface area (Å²) in [4.78, 5) is 35.6. The maximum atomic E-state index is 13.0. The predicted molar refractivity (Wildman–Crippen MR) is 105 cm³/mol. The number of carbonyl (C=O) groups excluding carboxylic acids is 1. The van der Waals surface area contributed by atoms with Crippen LogP contribution in [0.1, 0.15) is 46.7 Å². The molecule has 0 fully saturated rings. The Morgan fingerprint density at radius 3 is 3.04 bits per heavy atom. The van der Waals surface area contributed by atoms with E-state index in [2.05, 4.69) is 10.3 Å². The zero-order chi connectivity index (χ0) is 18.8. The molecule has 142 valence electrons.